The summed E-state index contributed by atoms with van der Waals surface area (Å²) in [6.07, 6.45) is 5.61. The average Bonchev–Trinajstić information content (AvgIpc) is 3.64. The molecular formula is C23H26N2O8. The highest BCUT2D eigenvalue weighted by atomic mass is 16.5. The van der Waals surface area contributed by atoms with E-state index in [0.29, 0.717) is 45.2 Å². The molecule has 2 amide bonds. The van der Waals surface area contributed by atoms with Crippen LogP contribution in [-0.2, 0) is 19.1 Å². The number of esters is 2. The molecule has 33 heavy (non-hydrogen) atoms. The van der Waals surface area contributed by atoms with Crippen molar-refractivity contribution < 1.29 is 37.5 Å². The van der Waals surface area contributed by atoms with Gasteiger partial charge in [0.25, 0.3) is 11.8 Å². The van der Waals surface area contributed by atoms with E-state index < -0.39 is 24.0 Å². The van der Waals surface area contributed by atoms with E-state index in [1.807, 2.05) is 0 Å². The number of hydrogen-bond donors (Lipinski definition) is 0. The number of ether oxygens (including phenoxy) is 2. The molecule has 4 heterocycles. The van der Waals surface area contributed by atoms with Gasteiger partial charge in [-0.15, -0.1) is 0 Å². The van der Waals surface area contributed by atoms with Crippen LogP contribution in [0.5, 0.6) is 0 Å². The summed E-state index contributed by atoms with van der Waals surface area (Å²) in [5.74, 6) is -1.26. The Bertz CT molecular complexity index is 891. The van der Waals surface area contributed by atoms with Crippen LogP contribution in [0.3, 0.4) is 0 Å². The maximum atomic E-state index is 12.5. The Balaban J connectivity index is 1.18. The molecule has 2 saturated heterocycles. The van der Waals surface area contributed by atoms with Crippen LogP contribution in [0.15, 0.2) is 45.6 Å². The lowest BCUT2D eigenvalue weighted by Crippen LogP contribution is -2.41. The second-order valence-corrected chi connectivity index (χ2v) is 7.96. The molecule has 0 bridgehead atoms. The van der Waals surface area contributed by atoms with E-state index in [-0.39, 0.29) is 36.5 Å². The number of rotatable bonds is 8. The highest BCUT2D eigenvalue weighted by molar-refractivity contribution is 5.95. The van der Waals surface area contributed by atoms with Crippen LogP contribution >= 0.6 is 0 Å². The molecule has 176 valence electrons. The smallest absolute Gasteiger partial charge is 0.328 e. The van der Waals surface area contributed by atoms with Crippen molar-refractivity contribution in [2.45, 2.75) is 44.2 Å². The molecular weight excluding hydrogens is 432 g/mol. The highest BCUT2D eigenvalue weighted by Crippen LogP contribution is 2.23. The van der Waals surface area contributed by atoms with Crippen LogP contribution in [0.25, 0.3) is 0 Å². The molecule has 0 radical (unpaired) electrons. The number of likely N-dealkylation sites (tertiary alicyclic amines) is 2. The van der Waals surface area contributed by atoms with Gasteiger partial charge in [0.15, 0.2) is 11.5 Å². The van der Waals surface area contributed by atoms with Crippen molar-refractivity contribution in [3.05, 3.63) is 48.3 Å². The van der Waals surface area contributed by atoms with Crippen molar-refractivity contribution in [1.82, 2.24) is 9.80 Å². The third kappa shape index (κ3) is 5.10. The quantitative estimate of drug-likeness (QED) is 0.436. The summed E-state index contributed by atoms with van der Waals surface area (Å²) >= 11 is 0. The van der Waals surface area contributed by atoms with Gasteiger partial charge in [0.2, 0.25) is 0 Å². The van der Waals surface area contributed by atoms with Gasteiger partial charge in [-0.1, -0.05) is 0 Å². The van der Waals surface area contributed by atoms with Crippen LogP contribution in [0.4, 0.5) is 0 Å². The lowest BCUT2D eigenvalue weighted by atomic mass is 10.2. The van der Waals surface area contributed by atoms with Crippen molar-refractivity contribution in [2.24, 2.45) is 0 Å². The predicted octanol–water partition coefficient (Wildman–Crippen LogP) is 2.26. The summed E-state index contributed by atoms with van der Waals surface area (Å²) in [6.45, 7) is 1.05. The minimum Gasteiger partial charge on any atom is -0.464 e. The van der Waals surface area contributed by atoms with E-state index in [2.05, 4.69) is 0 Å². The monoisotopic (exact) mass is 458 g/mol. The average molecular weight is 458 g/mol. The van der Waals surface area contributed by atoms with Gasteiger partial charge in [-0.3, -0.25) is 9.59 Å². The summed E-state index contributed by atoms with van der Waals surface area (Å²) in [5.41, 5.74) is 0. The zero-order valence-corrected chi connectivity index (χ0v) is 18.1. The number of nitrogens with zero attached hydrogens (tertiary/aromatic N) is 2. The van der Waals surface area contributed by atoms with Crippen LogP contribution < -0.4 is 0 Å². The Morgan fingerprint density at radius 3 is 1.64 bits per heavy atom. The van der Waals surface area contributed by atoms with Crippen molar-refractivity contribution in [3.8, 4) is 0 Å². The fourth-order valence-electron chi connectivity index (χ4n) is 4.19. The third-order valence-electron chi connectivity index (χ3n) is 5.81. The van der Waals surface area contributed by atoms with Crippen LogP contribution in [0.2, 0.25) is 0 Å². The van der Waals surface area contributed by atoms with Crippen molar-refractivity contribution >= 4 is 23.8 Å². The van der Waals surface area contributed by atoms with E-state index in [4.69, 9.17) is 18.3 Å². The molecule has 0 unspecified atom stereocenters. The molecule has 2 aromatic heterocycles. The largest absolute Gasteiger partial charge is 0.464 e. The molecule has 0 aromatic carbocycles. The van der Waals surface area contributed by atoms with E-state index in [1.165, 1.54) is 22.3 Å². The first-order valence-corrected chi connectivity index (χ1v) is 11.1. The van der Waals surface area contributed by atoms with E-state index >= 15 is 0 Å². The normalized spacial score (nSPS) is 20.1. The van der Waals surface area contributed by atoms with Gasteiger partial charge in [0.05, 0.1) is 25.7 Å². The van der Waals surface area contributed by atoms with Gasteiger partial charge < -0.3 is 28.1 Å². The number of carbonyl (C=O) groups is 4. The molecule has 2 aromatic rings. The first-order valence-electron chi connectivity index (χ1n) is 11.1. The van der Waals surface area contributed by atoms with Gasteiger partial charge >= 0.3 is 11.9 Å². The lowest BCUT2D eigenvalue weighted by molar-refractivity contribution is -0.150. The molecule has 4 rings (SSSR count). The lowest BCUT2D eigenvalue weighted by Gasteiger charge is -2.23. The van der Waals surface area contributed by atoms with Gasteiger partial charge in [-0.25, -0.2) is 9.59 Å². The minimum absolute atomic E-state index is 0.0606. The number of carbonyl (C=O) groups excluding carboxylic acids is 4. The molecule has 2 fully saturated rings. The fraction of sp³-hybridized carbons (Fsp3) is 0.478. The summed E-state index contributed by atoms with van der Waals surface area (Å²) in [4.78, 5) is 52.8. The number of hydrogen-bond acceptors (Lipinski definition) is 8. The fourth-order valence-corrected chi connectivity index (χ4v) is 4.19. The highest BCUT2D eigenvalue weighted by Gasteiger charge is 2.37. The third-order valence-corrected chi connectivity index (χ3v) is 5.81. The van der Waals surface area contributed by atoms with Gasteiger partial charge in [-0.05, 0) is 49.9 Å². The molecule has 2 atom stereocenters. The van der Waals surface area contributed by atoms with Crippen LogP contribution in [0.1, 0.15) is 53.2 Å². The van der Waals surface area contributed by atoms with Crippen LogP contribution in [-0.4, -0.2) is 71.9 Å². The molecule has 0 aliphatic carbocycles. The molecule has 10 nitrogen and oxygen atoms in total. The molecule has 0 saturated carbocycles. The zero-order valence-electron chi connectivity index (χ0n) is 18.1. The van der Waals surface area contributed by atoms with E-state index in [0.717, 1.165) is 0 Å². The first kappa shape index (κ1) is 22.6. The second kappa shape index (κ2) is 10.4. The Hall–Kier alpha value is -3.56. The molecule has 10 heteroatoms. The predicted molar refractivity (Wildman–Crippen MR) is 112 cm³/mol. The minimum atomic E-state index is -0.648. The van der Waals surface area contributed by atoms with Crippen molar-refractivity contribution in [3.63, 3.8) is 0 Å². The summed E-state index contributed by atoms with van der Waals surface area (Å²) in [7, 11) is 0. The Morgan fingerprint density at radius 1 is 0.788 bits per heavy atom. The standard InChI is InChI=1S/C23H26N2O8/c26-20(18-8-3-12-30-18)24-10-1-6-16(24)22(28)32-14-5-15-33-23(29)17-7-2-11-25(17)21(27)19-9-4-13-31-19/h3-4,8-9,12-13,16-17H,1-2,5-7,10-11,14-15H2/t16-,17-/m0/s1. The number of furan rings is 2. The first-order chi connectivity index (χ1) is 16.1. The van der Waals surface area contributed by atoms with Gasteiger partial charge in [0, 0.05) is 19.5 Å². The van der Waals surface area contributed by atoms with E-state index in [1.54, 1.807) is 24.3 Å². The summed E-state index contributed by atoms with van der Waals surface area (Å²) < 4.78 is 20.9. The second-order valence-electron chi connectivity index (χ2n) is 7.96. The molecule has 0 N–H and O–H groups in total. The SMILES string of the molecule is O=C(OCCCOC(=O)[C@@H]1CCCN1C(=O)c1ccco1)[C@@H]1CCCN1C(=O)c1ccco1. The zero-order chi connectivity index (χ0) is 23.2. The van der Waals surface area contributed by atoms with Gasteiger partial charge in [-0.2, -0.15) is 0 Å². The number of amides is 2. The topological polar surface area (TPSA) is 119 Å². The molecule has 2 aliphatic heterocycles. The van der Waals surface area contributed by atoms with Crippen molar-refractivity contribution in [1.29, 1.82) is 0 Å². The van der Waals surface area contributed by atoms with Gasteiger partial charge in [0.1, 0.15) is 12.1 Å². The van der Waals surface area contributed by atoms with Crippen LogP contribution in [0, 0.1) is 0 Å². The maximum absolute atomic E-state index is 12.5. The maximum Gasteiger partial charge on any atom is 0.328 e. The van der Waals surface area contributed by atoms with Crippen molar-refractivity contribution in [2.75, 3.05) is 26.3 Å². The summed E-state index contributed by atoms with van der Waals surface area (Å²) in [6, 6.07) is 5.07. The Morgan fingerprint density at radius 2 is 1.24 bits per heavy atom. The Labute approximate surface area is 190 Å². The molecule has 0 spiro atoms. The Kier molecular flexibility index (Phi) is 7.11. The van der Waals surface area contributed by atoms with E-state index in [9.17, 15) is 19.2 Å². The summed E-state index contributed by atoms with van der Waals surface area (Å²) in [5, 5.41) is 0. The molecule has 2 aliphatic rings.